The molecule has 0 saturated carbocycles. The van der Waals surface area contributed by atoms with Gasteiger partial charge in [0, 0.05) is 30.6 Å². The molecule has 1 unspecified atom stereocenters. The van der Waals surface area contributed by atoms with Crippen LogP contribution in [0.4, 0.5) is 11.4 Å². The summed E-state index contributed by atoms with van der Waals surface area (Å²) in [5.41, 5.74) is 1.98. The van der Waals surface area contributed by atoms with E-state index in [9.17, 15) is 18.0 Å². The standard InChI is InChI=1S/C23H28N2O6S/c1-5-23(27)25-15(2)12-16-13-18(7-8-20(16)25)32(28,29)11-10-22(26)24-19-14-17(30-3)6-9-21(19)31-4/h6-9,13-15H,5,10-12H2,1-4H3,(H,24,26). The summed E-state index contributed by atoms with van der Waals surface area (Å²) in [4.78, 5) is 26.5. The fourth-order valence-corrected chi connectivity index (χ4v) is 5.11. The van der Waals surface area contributed by atoms with Crippen molar-refractivity contribution in [1.82, 2.24) is 0 Å². The zero-order valence-electron chi connectivity index (χ0n) is 18.7. The van der Waals surface area contributed by atoms with Crippen LogP contribution in [-0.2, 0) is 25.8 Å². The molecule has 8 nitrogen and oxygen atoms in total. The molecule has 0 saturated heterocycles. The number of amides is 2. The number of ether oxygens (including phenoxy) is 2. The van der Waals surface area contributed by atoms with Gasteiger partial charge in [-0.1, -0.05) is 6.92 Å². The first kappa shape index (κ1) is 23.6. The van der Waals surface area contributed by atoms with Crippen LogP contribution >= 0.6 is 0 Å². The van der Waals surface area contributed by atoms with Crippen LogP contribution in [0.5, 0.6) is 11.5 Å². The number of carbonyl (C=O) groups excluding carboxylic acids is 2. The van der Waals surface area contributed by atoms with Gasteiger partial charge in [-0.3, -0.25) is 9.59 Å². The largest absolute Gasteiger partial charge is 0.497 e. The van der Waals surface area contributed by atoms with Gasteiger partial charge in [0.15, 0.2) is 9.84 Å². The molecule has 2 amide bonds. The summed E-state index contributed by atoms with van der Waals surface area (Å²) in [6.45, 7) is 3.75. The lowest BCUT2D eigenvalue weighted by molar-refractivity contribution is -0.118. The highest BCUT2D eigenvalue weighted by Crippen LogP contribution is 2.34. The Morgan fingerprint density at radius 2 is 1.88 bits per heavy atom. The van der Waals surface area contributed by atoms with Crippen LogP contribution in [0.25, 0.3) is 0 Å². The molecular weight excluding hydrogens is 432 g/mol. The highest BCUT2D eigenvalue weighted by molar-refractivity contribution is 7.91. The Kier molecular flexibility index (Phi) is 7.08. The van der Waals surface area contributed by atoms with E-state index in [4.69, 9.17) is 9.47 Å². The van der Waals surface area contributed by atoms with E-state index in [0.29, 0.717) is 30.0 Å². The van der Waals surface area contributed by atoms with Gasteiger partial charge >= 0.3 is 0 Å². The molecule has 0 spiro atoms. The predicted octanol–water partition coefficient (Wildman–Crippen LogP) is 3.19. The molecule has 0 bridgehead atoms. The molecule has 1 heterocycles. The number of sulfone groups is 1. The number of hydrogen-bond donors (Lipinski definition) is 1. The first-order chi connectivity index (χ1) is 15.2. The van der Waals surface area contributed by atoms with Crippen molar-refractivity contribution in [3.63, 3.8) is 0 Å². The summed E-state index contributed by atoms with van der Waals surface area (Å²) in [5.74, 6) is 0.209. The van der Waals surface area contributed by atoms with E-state index in [2.05, 4.69) is 5.32 Å². The van der Waals surface area contributed by atoms with Crippen molar-refractivity contribution < 1.29 is 27.5 Å². The number of nitrogens with one attached hydrogen (secondary N) is 1. The Morgan fingerprint density at radius 1 is 1.12 bits per heavy atom. The van der Waals surface area contributed by atoms with Crippen LogP contribution in [-0.4, -0.2) is 46.2 Å². The normalized spacial score (nSPS) is 15.2. The van der Waals surface area contributed by atoms with E-state index in [1.54, 1.807) is 42.2 Å². The Morgan fingerprint density at radius 3 is 2.53 bits per heavy atom. The van der Waals surface area contributed by atoms with Gasteiger partial charge in [-0.25, -0.2) is 8.42 Å². The monoisotopic (exact) mass is 460 g/mol. The molecule has 3 rings (SSSR count). The summed E-state index contributed by atoms with van der Waals surface area (Å²) in [7, 11) is -0.692. The van der Waals surface area contributed by atoms with Gasteiger partial charge in [-0.15, -0.1) is 0 Å². The van der Waals surface area contributed by atoms with E-state index in [1.807, 2.05) is 6.92 Å². The third kappa shape index (κ3) is 4.88. The number of rotatable bonds is 8. The molecule has 0 radical (unpaired) electrons. The van der Waals surface area contributed by atoms with E-state index in [0.717, 1.165) is 11.3 Å². The fourth-order valence-electron chi connectivity index (χ4n) is 3.82. The van der Waals surface area contributed by atoms with Crippen molar-refractivity contribution in [3.8, 4) is 11.5 Å². The number of methoxy groups -OCH3 is 2. The van der Waals surface area contributed by atoms with Crippen LogP contribution in [0.1, 0.15) is 32.3 Å². The highest BCUT2D eigenvalue weighted by atomic mass is 32.2. The lowest BCUT2D eigenvalue weighted by Gasteiger charge is -2.22. The SMILES string of the molecule is CCC(=O)N1c2ccc(S(=O)(=O)CCC(=O)Nc3cc(OC)ccc3OC)cc2CC1C. The third-order valence-electron chi connectivity index (χ3n) is 5.48. The molecule has 0 fully saturated rings. The van der Waals surface area contributed by atoms with Crippen molar-refractivity contribution in [1.29, 1.82) is 0 Å². The van der Waals surface area contributed by atoms with E-state index >= 15 is 0 Å². The molecule has 1 aliphatic heterocycles. The maximum atomic E-state index is 12.9. The summed E-state index contributed by atoms with van der Waals surface area (Å²) >= 11 is 0. The third-order valence-corrected chi connectivity index (χ3v) is 7.19. The quantitative estimate of drug-likeness (QED) is 0.649. The molecule has 2 aromatic carbocycles. The molecule has 0 aromatic heterocycles. The predicted molar refractivity (Wildman–Crippen MR) is 122 cm³/mol. The molecule has 2 aromatic rings. The highest BCUT2D eigenvalue weighted by Gasteiger charge is 2.31. The maximum absolute atomic E-state index is 12.9. The number of hydrogen-bond acceptors (Lipinski definition) is 6. The van der Waals surface area contributed by atoms with E-state index in [1.165, 1.54) is 20.3 Å². The van der Waals surface area contributed by atoms with Gasteiger partial charge in [0.05, 0.1) is 30.6 Å². The Labute approximate surface area is 188 Å². The van der Waals surface area contributed by atoms with Gasteiger partial charge in [0.25, 0.3) is 0 Å². The second kappa shape index (κ2) is 9.60. The van der Waals surface area contributed by atoms with Gasteiger partial charge < -0.3 is 19.7 Å². The van der Waals surface area contributed by atoms with Crippen LogP contribution < -0.4 is 19.7 Å². The number of carbonyl (C=O) groups is 2. The first-order valence-corrected chi connectivity index (χ1v) is 12.0. The molecule has 172 valence electrons. The van der Waals surface area contributed by atoms with Crippen LogP contribution in [0, 0.1) is 0 Å². The van der Waals surface area contributed by atoms with Crippen molar-refractivity contribution in [2.45, 2.75) is 44.0 Å². The molecule has 32 heavy (non-hydrogen) atoms. The molecular formula is C23H28N2O6S. The lowest BCUT2D eigenvalue weighted by Crippen LogP contribution is -2.35. The second-order valence-corrected chi connectivity index (χ2v) is 9.75. The number of benzene rings is 2. The smallest absolute Gasteiger partial charge is 0.226 e. The minimum Gasteiger partial charge on any atom is -0.497 e. The van der Waals surface area contributed by atoms with Gasteiger partial charge in [-0.05, 0) is 49.2 Å². The van der Waals surface area contributed by atoms with Crippen molar-refractivity contribution in [3.05, 3.63) is 42.0 Å². The molecule has 1 N–H and O–H groups in total. The Hall–Kier alpha value is -3.07. The number of anilines is 2. The summed E-state index contributed by atoms with van der Waals surface area (Å²) in [6, 6.07) is 9.75. The molecule has 0 aliphatic carbocycles. The van der Waals surface area contributed by atoms with Gasteiger partial charge in [0.1, 0.15) is 11.5 Å². The minimum atomic E-state index is -3.68. The Balaban J connectivity index is 1.71. The topological polar surface area (TPSA) is 102 Å². The second-order valence-electron chi connectivity index (χ2n) is 7.64. The first-order valence-electron chi connectivity index (χ1n) is 10.4. The zero-order valence-corrected chi connectivity index (χ0v) is 19.5. The molecule has 1 atom stereocenters. The van der Waals surface area contributed by atoms with Crippen LogP contribution in [0.15, 0.2) is 41.3 Å². The average molecular weight is 461 g/mol. The minimum absolute atomic E-state index is 0.0106. The summed E-state index contributed by atoms with van der Waals surface area (Å²) in [5, 5.41) is 2.68. The summed E-state index contributed by atoms with van der Waals surface area (Å²) in [6.07, 6.45) is 0.772. The number of nitrogens with zero attached hydrogens (tertiary/aromatic N) is 1. The zero-order chi connectivity index (χ0) is 23.5. The molecule has 1 aliphatic rings. The lowest BCUT2D eigenvalue weighted by atomic mass is 10.1. The van der Waals surface area contributed by atoms with Crippen LogP contribution in [0.3, 0.4) is 0 Å². The van der Waals surface area contributed by atoms with Crippen molar-refractivity contribution in [2.75, 3.05) is 30.2 Å². The maximum Gasteiger partial charge on any atom is 0.226 e. The van der Waals surface area contributed by atoms with Gasteiger partial charge in [0.2, 0.25) is 11.8 Å². The van der Waals surface area contributed by atoms with Gasteiger partial charge in [-0.2, -0.15) is 0 Å². The summed E-state index contributed by atoms with van der Waals surface area (Å²) < 4.78 is 36.1. The fraction of sp³-hybridized carbons (Fsp3) is 0.391. The van der Waals surface area contributed by atoms with E-state index in [-0.39, 0.29) is 29.0 Å². The molecule has 9 heteroatoms. The Bertz CT molecular complexity index is 1130. The van der Waals surface area contributed by atoms with Crippen molar-refractivity contribution >= 4 is 33.0 Å². The average Bonchev–Trinajstić information content (AvgIpc) is 3.12. The number of fused-ring (bicyclic) bond motifs is 1. The van der Waals surface area contributed by atoms with E-state index < -0.39 is 15.7 Å². The van der Waals surface area contributed by atoms with Crippen molar-refractivity contribution in [2.24, 2.45) is 0 Å². The van der Waals surface area contributed by atoms with Crippen LogP contribution in [0.2, 0.25) is 0 Å².